The third kappa shape index (κ3) is 4.94. The molecule has 2 N–H and O–H groups in total. The maximum Gasteiger partial charge on any atom is 0.305 e. The van der Waals surface area contributed by atoms with Crippen LogP contribution >= 0.6 is 0 Å². The number of nitrogens with one attached hydrogen (secondary N) is 1. The van der Waals surface area contributed by atoms with E-state index in [1.807, 2.05) is 6.92 Å². The highest BCUT2D eigenvalue weighted by atomic mass is 16.5. The first-order chi connectivity index (χ1) is 21.7. The van der Waals surface area contributed by atoms with Crippen LogP contribution in [0, 0.1) is 11.8 Å². The largest absolute Gasteiger partial charge is 0.511 e. The number of rotatable bonds is 6. The van der Waals surface area contributed by atoms with Gasteiger partial charge in [0.25, 0.3) is 0 Å². The molecule has 2 fully saturated rings. The van der Waals surface area contributed by atoms with Gasteiger partial charge in [0.05, 0.1) is 41.3 Å². The van der Waals surface area contributed by atoms with Gasteiger partial charge in [0.15, 0.2) is 0 Å². The molecule has 7 aliphatic rings. The zero-order valence-corrected chi connectivity index (χ0v) is 27.3. The maximum absolute atomic E-state index is 12.3. The van der Waals surface area contributed by atoms with E-state index in [1.54, 1.807) is 0 Å². The Balaban J connectivity index is 1.43. The van der Waals surface area contributed by atoms with Gasteiger partial charge in [-0.15, -0.1) is 0 Å². The van der Waals surface area contributed by atoms with Gasteiger partial charge in [-0.1, -0.05) is 13.8 Å². The molecule has 1 aliphatic carbocycles. The van der Waals surface area contributed by atoms with Crippen molar-refractivity contribution in [2.24, 2.45) is 26.8 Å². The van der Waals surface area contributed by atoms with E-state index in [-0.39, 0.29) is 17.8 Å². The first-order valence-electron chi connectivity index (χ1n) is 16.4. The smallest absolute Gasteiger partial charge is 0.305 e. The summed E-state index contributed by atoms with van der Waals surface area (Å²) in [5, 5.41) is 15.0. The Hall–Kier alpha value is -4.04. The molecular weight excluding hydrogens is 562 g/mol. The Morgan fingerprint density at radius 1 is 1.00 bits per heavy atom. The summed E-state index contributed by atoms with van der Waals surface area (Å²) in [7, 11) is 1.44. The zero-order valence-electron chi connectivity index (χ0n) is 27.3. The van der Waals surface area contributed by atoms with E-state index in [9.17, 15) is 9.90 Å². The summed E-state index contributed by atoms with van der Waals surface area (Å²) in [5.74, 6) is 0.285. The number of aliphatic hydroxyl groups is 1. The number of esters is 1. The Kier molecular flexibility index (Phi) is 7.51. The highest BCUT2D eigenvalue weighted by Gasteiger charge is 2.41. The van der Waals surface area contributed by atoms with Crippen LogP contribution in [0.15, 0.2) is 106 Å². The van der Waals surface area contributed by atoms with E-state index in [0.717, 1.165) is 88.4 Å². The van der Waals surface area contributed by atoms with Crippen molar-refractivity contribution < 1.29 is 14.6 Å². The lowest BCUT2D eigenvalue weighted by atomic mass is 9.86. The molecule has 0 aromatic heterocycles. The van der Waals surface area contributed by atoms with Crippen LogP contribution in [-0.4, -0.2) is 59.9 Å². The van der Waals surface area contributed by atoms with Gasteiger partial charge >= 0.3 is 5.97 Å². The quantitative estimate of drug-likeness (QED) is 0.328. The van der Waals surface area contributed by atoms with Crippen molar-refractivity contribution in [1.29, 1.82) is 0 Å². The number of hydrogen-bond acceptors (Lipinski definition) is 8. The van der Waals surface area contributed by atoms with E-state index >= 15 is 0 Å². The second-order valence-electron chi connectivity index (χ2n) is 13.2. The van der Waals surface area contributed by atoms with Gasteiger partial charge in [0, 0.05) is 53.8 Å². The summed E-state index contributed by atoms with van der Waals surface area (Å²) in [5.41, 5.74) is 15.2. The average molecular weight is 606 g/mol. The Morgan fingerprint density at radius 3 is 2.40 bits per heavy atom. The third-order valence-electron chi connectivity index (χ3n) is 10.7. The number of carbonyl (C=O) groups is 1. The van der Waals surface area contributed by atoms with Gasteiger partial charge in [0.2, 0.25) is 0 Å². The minimum absolute atomic E-state index is 0.0443. The fraction of sp³-hybridized carbons (Fsp3) is 0.459. The van der Waals surface area contributed by atoms with Crippen LogP contribution in [0.2, 0.25) is 0 Å². The number of hydrogen-bond donors (Lipinski definition) is 2. The number of nitrogens with zero attached hydrogens (tertiary/aromatic N) is 4. The number of allylic oxidation sites excluding steroid dienone is 11. The van der Waals surface area contributed by atoms with Gasteiger partial charge < -0.3 is 15.2 Å². The number of methoxy groups -OCH3 is 1. The van der Waals surface area contributed by atoms with Crippen molar-refractivity contribution in [3.8, 4) is 0 Å². The summed E-state index contributed by atoms with van der Waals surface area (Å²) < 4.78 is 5.02. The number of fused-ring (bicyclic) bond motifs is 5. The first-order valence-corrected chi connectivity index (χ1v) is 16.4. The summed E-state index contributed by atoms with van der Waals surface area (Å²) in [6, 6.07) is 0. The standard InChI is InChI=1S/C37H43N5O3/c1-7-23-19(2)28-16-32-26(18-42-12-8-9-13-42)21(4)27(39-32)15-29-20(3)24(10-11-34(44)45-6)36(40-29)25-14-33(43)35-22(5)30(41-37(25)35)17-31(23)38-28/h15-17,20,24,40,43H,7-14,18H2,1-6H3/t20-,24-/m0/s1. The molecule has 0 aromatic carbocycles. The molecule has 0 saturated carbocycles. The lowest BCUT2D eigenvalue weighted by Crippen LogP contribution is -2.22. The number of carbonyl (C=O) groups excluding carboxylic acids is 1. The van der Waals surface area contributed by atoms with Crippen LogP contribution < -0.4 is 5.32 Å². The fourth-order valence-corrected chi connectivity index (χ4v) is 7.90. The van der Waals surface area contributed by atoms with E-state index < -0.39 is 0 Å². The molecule has 8 bridgehead atoms. The summed E-state index contributed by atoms with van der Waals surface area (Å²) in [6.07, 6.45) is 11.2. The van der Waals surface area contributed by atoms with Gasteiger partial charge in [0.1, 0.15) is 5.76 Å². The molecule has 0 amide bonds. The molecule has 0 spiro atoms. The van der Waals surface area contributed by atoms with E-state index in [0.29, 0.717) is 25.0 Å². The number of likely N-dealkylation sites (tertiary alicyclic amines) is 1. The van der Waals surface area contributed by atoms with E-state index in [2.05, 4.69) is 56.1 Å². The van der Waals surface area contributed by atoms with Crippen molar-refractivity contribution in [3.63, 3.8) is 0 Å². The second kappa shape index (κ2) is 11.4. The Labute approximate surface area is 265 Å². The van der Waals surface area contributed by atoms with Crippen molar-refractivity contribution in [2.75, 3.05) is 26.7 Å². The van der Waals surface area contributed by atoms with Gasteiger partial charge in [-0.3, -0.25) is 9.69 Å². The Morgan fingerprint density at radius 2 is 1.69 bits per heavy atom. The minimum Gasteiger partial charge on any atom is -0.511 e. The molecule has 2 atom stereocenters. The van der Waals surface area contributed by atoms with Crippen LogP contribution in [0.25, 0.3) is 0 Å². The molecule has 8 nitrogen and oxygen atoms in total. The minimum atomic E-state index is -0.216. The molecule has 2 saturated heterocycles. The molecule has 0 unspecified atom stereocenters. The molecule has 234 valence electrons. The van der Waals surface area contributed by atoms with E-state index in [4.69, 9.17) is 19.7 Å². The van der Waals surface area contributed by atoms with Crippen molar-refractivity contribution in [2.45, 2.75) is 73.1 Å². The highest BCUT2D eigenvalue weighted by Crippen LogP contribution is 2.46. The Bertz CT molecular complexity index is 1760. The molecule has 7 rings (SSSR count). The molecule has 6 aliphatic heterocycles. The lowest BCUT2D eigenvalue weighted by molar-refractivity contribution is -0.140. The molecule has 0 aromatic rings. The lowest BCUT2D eigenvalue weighted by Gasteiger charge is -2.17. The number of aliphatic imine (C=N–C) groups is 3. The summed E-state index contributed by atoms with van der Waals surface area (Å²) >= 11 is 0. The number of aliphatic hydroxyl groups excluding tert-OH is 1. The SMILES string of the molecule is CCC1=C(C)C2=NC1=CC1=C(C)C3=C(O)CC(=C4NC(=CC5=NC(=C2)C(CN2CCCC2)=C5C)[C@@H](C)[C@@H]4CCC(=O)OC)C3=N1. The molecule has 45 heavy (non-hydrogen) atoms. The normalized spacial score (nSPS) is 26.1. The van der Waals surface area contributed by atoms with Crippen LogP contribution in [0.3, 0.4) is 0 Å². The molecule has 6 heterocycles. The van der Waals surface area contributed by atoms with Crippen molar-refractivity contribution in [1.82, 2.24) is 10.2 Å². The number of ether oxygens (including phenoxy) is 1. The monoisotopic (exact) mass is 605 g/mol. The van der Waals surface area contributed by atoms with Crippen molar-refractivity contribution >= 4 is 23.1 Å². The van der Waals surface area contributed by atoms with Crippen LogP contribution in [-0.2, 0) is 9.53 Å². The fourth-order valence-electron chi connectivity index (χ4n) is 7.90. The van der Waals surface area contributed by atoms with Crippen LogP contribution in [0.5, 0.6) is 0 Å². The van der Waals surface area contributed by atoms with E-state index in [1.165, 1.54) is 42.2 Å². The average Bonchev–Trinajstić information content (AvgIpc) is 3.86. The predicted molar refractivity (Wildman–Crippen MR) is 179 cm³/mol. The van der Waals surface area contributed by atoms with Crippen LogP contribution in [0.4, 0.5) is 0 Å². The molecular formula is C37H43N5O3. The summed E-state index contributed by atoms with van der Waals surface area (Å²) in [4.78, 5) is 30.4. The zero-order chi connectivity index (χ0) is 31.6. The second-order valence-corrected chi connectivity index (χ2v) is 13.2. The highest BCUT2D eigenvalue weighted by molar-refractivity contribution is 6.21. The van der Waals surface area contributed by atoms with Crippen molar-refractivity contribution in [3.05, 3.63) is 91.5 Å². The van der Waals surface area contributed by atoms with Gasteiger partial charge in [-0.2, -0.15) is 0 Å². The van der Waals surface area contributed by atoms with Gasteiger partial charge in [-0.25, -0.2) is 15.0 Å². The topological polar surface area (TPSA) is 98.9 Å². The predicted octanol–water partition coefficient (Wildman–Crippen LogP) is 6.71. The molecule has 8 heteroatoms. The first kappa shape index (κ1) is 29.7. The third-order valence-corrected chi connectivity index (χ3v) is 10.7. The summed E-state index contributed by atoms with van der Waals surface area (Å²) in [6.45, 7) is 13.9. The van der Waals surface area contributed by atoms with Gasteiger partial charge in [-0.05, 0) is 106 Å². The maximum atomic E-state index is 12.3. The molecule has 0 radical (unpaired) electrons. The van der Waals surface area contributed by atoms with Crippen LogP contribution in [0.1, 0.15) is 73.1 Å².